The normalized spacial score (nSPS) is 19.2. The largest absolute Gasteiger partial charge is 0.384 e. The maximum Gasteiger partial charge on any atom is 0.162 e. The summed E-state index contributed by atoms with van der Waals surface area (Å²) in [6.07, 6.45) is 2.93. The van der Waals surface area contributed by atoms with Crippen LogP contribution >= 0.6 is 22.9 Å². The van der Waals surface area contributed by atoms with Crippen LogP contribution in [0, 0.1) is 16.7 Å². The number of rotatable bonds is 4. The minimum absolute atomic E-state index is 0.0593. The Morgan fingerprint density at radius 3 is 2.79 bits per heavy atom. The number of benzene rings is 2. The Morgan fingerprint density at radius 1 is 1.18 bits per heavy atom. The Bertz CT molecular complexity index is 1700. The highest BCUT2D eigenvalue weighted by atomic mass is 35.5. The highest BCUT2D eigenvalue weighted by molar-refractivity contribution is 7.10. The lowest BCUT2D eigenvalue weighted by Crippen LogP contribution is -2.42. The van der Waals surface area contributed by atoms with Gasteiger partial charge in [0.2, 0.25) is 0 Å². The number of halogens is 1. The second-order valence-corrected chi connectivity index (χ2v) is 12.1. The summed E-state index contributed by atoms with van der Waals surface area (Å²) in [6.45, 7) is 4.84. The molecule has 1 aliphatic heterocycles. The third-order valence-electron chi connectivity index (χ3n) is 7.29. The van der Waals surface area contributed by atoms with Crippen molar-refractivity contribution >= 4 is 45.4 Å². The number of para-hydroxylation sites is 2. The van der Waals surface area contributed by atoms with Gasteiger partial charge < -0.3 is 10.3 Å². The highest BCUT2D eigenvalue weighted by Gasteiger charge is 2.45. The Hall–Kier alpha value is -3.86. The summed E-state index contributed by atoms with van der Waals surface area (Å²) in [7, 11) is 0. The van der Waals surface area contributed by atoms with Crippen molar-refractivity contribution in [3.05, 3.63) is 104 Å². The second-order valence-electron chi connectivity index (χ2n) is 10.7. The second kappa shape index (κ2) is 9.16. The van der Waals surface area contributed by atoms with E-state index in [1.165, 1.54) is 0 Å². The van der Waals surface area contributed by atoms with Gasteiger partial charge in [-0.05, 0) is 59.2 Å². The van der Waals surface area contributed by atoms with Crippen LogP contribution in [0.4, 0.5) is 5.69 Å². The Kier molecular flexibility index (Phi) is 5.90. The number of anilines is 1. The first-order valence-electron chi connectivity index (χ1n) is 12.4. The van der Waals surface area contributed by atoms with Crippen LogP contribution in [0.1, 0.15) is 43.0 Å². The average Bonchev–Trinajstić information content (AvgIpc) is 3.50. The fourth-order valence-electron chi connectivity index (χ4n) is 5.67. The molecule has 2 aliphatic rings. The first-order chi connectivity index (χ1) is 18.3. The smallest absolute Gasteiger partial charge is 0.162 e. The van der Waals surface area contributed by atoms with Crippen LogP contribution < -0.4 is 10.6 Å². The standard InChI is InChI=1S/C30H26ClN5OS/c1-30(2)12-24-28(25(37)13-30)27(21(14-32)29(33)36(24)20-7-5-6-19(31)11-20)26-10-18(16-38-26)15-35-17-34-22-8-3-4-9-23(22)35/h3-11,16-17,27H,12-13,15,33H2,1-2H3/t27-/m1/s1. The number of carbonyl (C=O) groups is 1. The third kappa shape index (κ3) is 4.10. The predicted octanol–water partition coefficient (Wildman–Crippen LogP) is 6.74. The summed E-state index contributed by atoms with van der Waals surface area (Å²) >= 11 is 7.89. The zero-order chi connectivity index (χ0) is 26.6. The molecule has 0 radical (unpaired) electrons. The van der Waals surface area contributed by atoms with Crippen LogP contribution in [0.25, 0.3) is 11.0 Å². The van der Waals surface area contributed by atoms with Gasteiger partial charge in [-0.1, -0.05) is 43.6 Å². The molecule has 2 N–H and O–H groups in total. The van der Waals surface area contributed by atoms with Gasteiger partial charge in [-0.25, -0.2) is 4.98 Å². The molecule has 3 heterocycles. The Balaban J connectivity index is 1.46. The lowest BCUT2D eigenvalue weighted by Gasteiger charge is -2.43. The number of hydrogen-bond acceptors (Lipinski definition) is 6. The number of thiophene rings is 1. The molecule has 1 aliphatic carbocycles. The molecule has 38 heavy (non-hydrogen) atoms. The molecule has 4 aromatic rings. The molecule has 0 unspecified atom stereocenters. The van der Waals surface area contributed by atoms with E-state index in [1.807, 2.05) is 47.6 Å². The van der Waals surface area contributed by atoms with Crippen LogP contribution in [-0.4, -0.2) is 15.3 Å². The van der Waals surface area contributed by atoms with E-state index in [-0.39, 0.29) is 11.2 Å². The predicted molar refractivity (Wildman–Crippen MR) is 152 cm³/mol. The Morgan fingerprint density at radius 2 is 2.00 bits per heavy atom. The monoisotopic (exact) mass is 539 g/mol. The molecular formula is C30H26ClN5OS. The minimum atomic E-state index is -0.493. The topological polar surface area (TPSA) is 87.9 Å². The summed E-state index contributed by atoms with van der Waals surface area (Å²) in [5.74, 6) is -0.0871. The Labute approximate surface area is 230 Å². The SMILES string of the molecule is CC1(C)CC(=O)C2=C(C1)N(c1cccc(Cl)c1)C(N)=C(C#N)[C@@H]2c1cc(Cn2cnc3ccccc32)cs1. The fourth-order valence-corrected chi connectivity index (χ4v) is 6.87. The van der Waals surface area contributed by atoms with E-state index in [4.69, 9.17) is 17.3 Å². The molecule has 8 heteroatoms. The molecule has 2 aromatic carbocycles. The molecule has 1 atom stereocenters. The first-order valence-corrected chi connectivity index (χ1v) is 13.7. The molecule has 6 rings (SSSR count). The molecule has 0 saturated heterocycles. The fraction of sp³-hybridized carbons (Fsp3) is 0.233. The number of carbonyl (C=O) groups excluding carboxylic acids is 1. The van der Waals surface area contributed by atoms with Gasteiger partial charge in [0.15, 0.2) is 5.78 Å². The van der Waals surface area contributed by atoms with E-state index in [0.29, 0.717) is 41.4 Å². The van der Waals surface area contributed by atoms with Crippen LogP contribution in [0.2, 0.25) is 5.02 Å². The number of nitrogens with two attached hydrogens (primary N) is 1. The number of nitrogens with zero attached hydrogens (tertiary/aromatic N) is 4. The molecule has 0 bridgehead atoms. The van der Waals surface area contributed by atoms with Gasteiger partial charge in [0.25, 0.3) is 0 Å². The molecule has 0 spiro atoms. The van der Waals surface area contributed by atoms with E-state index < -0.39 is 5.92 Å². The molecule has 190 valence electrons. The number of imidazole rings is 1. The first kappa shape index (κ1) is 24.5. The number of allylic oxidation sites excluding steroid dienone is 3. The molecule has 0 saturated carbocycles. The van der Waals surface area contributed by atoms with Gasteiger partial charge in [-0.15, -0.1) is 11.3 Å². The van der Waals surface area contributed by atoms with Crippen LogP contribution in [-0.2, 0) is 11.3 Å². The lowest BCUT2D eigenvalue weighted by molar-refractivity contribution is -0.118. The number of hydrogen-bond donors (Lipinski definition) is 1. The maximum atomic E-state index is 13.8. The molecule has 0 fully saturated rings. The van der Waals surface area contributed by atoms with Crippen molar-refractivity contribution in [2.75, 3.05) is 4.90 Å². The number of ketones is 1. The number of nitriles is 1. The number of aromatic nitrogens is 2. The van der Waals surface area contributed by atoms with Gasteiger partial charge in [0, 0.05) is 39.8 Å². The van der Waals surface area contributed by atoms with E-state index in [1.54, 1.807) is 17.4 Å². The van der Waals surface area contributed by atoms with Crippen molar-refractivity contribution in [2.45, 2.75) is 39.2 Å². The average molecular weight is 540 g/mol. The van der Waals surface area contributed by atoms with Crippen LogP contribution in [0.15, 0.2) is 89.0 Å². The number of fused-ring (bicyclic) bond motifs is 1. The van der Waals surface area contributed by atoms with Gasteiger partial charge >= 0.3 is 0 Å². The van der Waals surface area contributed by atoms with E-state index in [2.05, 4.69) is 47.0 Å². The van der Waals surface area contributed by atoms with E-state index in [9.17, 15) is 10.1 Å². The lowest BCUT2D eigenvalue weighted by atomic mass is 9.69. The molecule has 2 aromatic heterocycles. The van der Waals surface area contributed by atoms with Gasteiger partial charge in [0.05, 0.1) is 34.9 Å². The summed E-state index contributed by atoms with van der Waals surface area (Å²) in [4.78, 5) is 21.1. The van der Waals surface area contributed by atoms with Crippen LogP contribution in [0.5, 0.6) is 0 Å². The van der Waals surface area contributed by atoms with Gasteiger partial charge in [-0.2, -0.15) is 5.26 Å². The summed E-state index contributed by atoms with van der Waals surface area (Å²) in [5, 5.41) is 13.0. The van der Waals surface area contributed by atoms with E-state index in [0.717, 1.165) is 32.9 Å². The van der Waals surface area contributed by atoms with Gasteiger partial charge in [-0.3, -0.25) is 9.69 Å². The summed E-state index contributed by atoms with van der Waals surface area (Å²) < 4.78 is 2.11. The van der Waals surface area contributed by atoms with Gasteiger partial charge in [0.1, 0.15) is 5.82 Å². The summed E-state index contributed by atoms with van der Waals surface area (Å²) in [5.41, 5.74) is 12.3. The van der Waals surface area contributed by atoms with Crippen molar-refractivity contribution in [1.29, 1.82) is 5.26 Å². The molecule has 6 nitrogen and oxygen atoms in total. The third-order valence-corrected chi connectivity index (χ3v) is 8.57. The van der Waals surface area contributed by atoms with Crippen molar-refractivity contribution < 1.29 is 4.79 Å². The van der Waals surface area contributed by atoms with Crippen LogP contribution in [0.3, 0.4) is 0 Å². The molecule has 0 amide bonds. The highest BCUT2D eigenvalue weighted by Crippen LogP contribution is 2.51. The van der Waals surface area contributed by atoms with Crippen molar-refractivity contribution in [2.24, 2.45) is 11.1 Å². The quantitative estimate of drug-likeness (QED) is 0.310. The summed E-state index contributed by atoms with van der Waals surface area (Å²) in [6, 6.07) is 19.9. The van der Waals surface area contributed by atoms with Crippen molar-refractivity contribution in [3.8, 4) is 6.07 Å². The molecular weight excluding hydrogens is 514 g/mol. The maximum absolute atomic E-state index is 13.8. The zero-order valence-electron chi connectivity index (χ0n) is 21.1. The van der Waals surface area contributed by atoms with Crippen molar-refractivity contribution in [3.63, 3.8) is 0 Å². The van der Waals surface area contributed by atoms with E-state index >= 15 is 0 Å². The zero-order valence-corrected chi connectivity index (χ0v) is 22.7. The van der Waals surface area contributed by atoms with Crippen molar-refractivity contribution in [1.82, 2.24) is 9.55 Å². The number of Topliss-reactive ketones (excluding diaryl/α,β-unsaturated/α-hetero) is 1. The minimum Gasteiger partial charge on any atom is -0.384 e.